The first kappa shape index (κ1) is 13.0. The molecule has 0 saturated heterocycles. The van der Waals surface area contributed by atoms with Crippen molar-refractivity contribution in [1.29, 1.82) is 0 Å². The van der Waals surface area contributed by atoms with Gasteiger partial charge in [0, 0.05) is 0 Å². The Balaban J connectivity index is 1.48. The summed E-state index contributed by atoms with van der Waals surface area (Å²) in [4.78, 5) is 0. The van der Waals surface area contributed by atoms with Crippen molar-refractivity contribution in [3.63, 3.8) is 0 Å². The molecule has 0 heterocycles. The highest BCUT2D eigenvalue weighted by molar-refractivity contribution is 4.85. The molecule has 0 N–H and O–H groups in total. The van der Waals surface area contributed by atoms with Gasteiger partial charge in [-0.2, -0.15) is 0 Å². The molecule has 3 aliphatic carbocycles. The summed E-state index contributed by atoms with van der Waals surface area (Å²) in [6.07, 6.45) is 18.0. The zero-order valence-corrected chi connectivity index (χ0v) is 11.9. The second-order valence-electron chi connectivity index (χ2n) is 6.99. The SMILES string of the molecule is C1CCC(OCC2CCCC3CCCCC32)CC1. The minimum absolute atomic E-state index is 0.614. The fourth-order valence-corrected chi connectivity index (χ4v) is 4.77. The monoisotopic (exact) mass is 250 g/mol. The summed E-state index contributed by atoms with van der Waals surface area (Å²) in [5.41, 5.74) is 0. The highest BCUT2D eigenvalue weighted by Gasteiger charge is 2.35. The van der Waals surface area contributed by atoms with Crippen molar-refractivity contribution in [1.82, 2.24) is 0 Å². The van der Waals surface area contributed by atoms with Gasteiger partial charge in [-0.1, -0.05) is 51.4 Å². The van der Waals surface area contributed by atoms with Gasteiger partial charge in [0.15, 0.2) is 0 Å². The molecule has 18 heavy (non-hydrogen) atoms. The van der Waals surface area contributed by atoms with Crippen molar-refractivity contribution in [2.24, 2.45) is 17.8 Å². The summed E-state index contributed by atoms with van der Waals surface area (Å²) < 4.78 is 6.27. The van der Waals surface area contributed by atoms with Gasteiger partial charge in [-0.05, 0) is 43.4 Å². The molecule has 0 amide bonds. The molecule has 0 aromatic carbocycles. The average Bonchev–Trinajstić information content (AvgIpc) is 2.46. The highest BCUT2D eigenvalue weighted by Crippen LogP contribution is 2.44. The summed E-state index contributed by atoms with van der Waals surface area (Å²) in [5.74, 6) is 2.99. The van der Waals surface area contributed by atoms with Crippen LogP contribution in [0, 0.1) is 17.8 Å². The Morgan fingerprint density at radius 2 is 1.39 bits per heavy atom. The Hall–Kier alpha value is -0.0400. The zero-order valence-electron chi connectivity index (χ0n) is 11.9. The van der Waals surface area contributed by atoms with E-state index in [1.165, 1.54) is 77.0 Å². The third kappa shape index (κ3) is 3.10. The van der Waals surface area contributed by atoms with Gasteiger partial charge < -0.3 is 4.74 Å². The van der Waals surface area contributed by atoms with Gasteiger partial charge in [0.1, 0.15) is 0 Å². The second-order valence-corrected chi connectivity index (χ2v) is 6.99. The molecule has 0 radical (unpaired) electrons. The minimum atomic E-state index is 0.614. The van der Waals surface area contributed by atoms with Crippen molar-refractivity contribution in [2.45, 2.75) is 83.2 Å². The smallest absolute Gasteiger partial charge is 0.0575 e. The molecule has 0 spiro atoms. The molecule has 3 unspecified atom stereocenters. The topological polar surface area (TPSA) is 9.23 Å². The quantitative estimate of drug-likeness (QED) is 0.689. The normalized spacial score (nSPS) is 38.3. The maximum absolute atomic E-state index is 6.27. The van der Waals surface area contributed by atoms with Crippen LogP contribution in [0.25, 0.3) is 0 Å². The molecule has 1 heteroatoms. The maximum atomic E-state index is 6.27. The van der Waals surface area contributed by atoms with E-state index in [0.29, 0.717) is 6.10 Å². The number of ether oxygens (including phenoxy) is 1. The van der Waals surface area contributed by atoms with Crippen molar-refractivity contribution in [3.8, 4) is 0 Å². The van der Waals surface area contributed by atoms with Crippen LogP contribution in [0.2, 0.25) is 0 Å². The Morgan fingerprint density at radius 1 is 0.667 bits per heavy atom. The zero-order chi connectivity index (χ0) is 12.2. The lowest BCUT2D eigenvalue weighted by Gasteiger charge is -2.42. The van der Waals surface area contributed by atoms with Gasteiger partial charge in [-0.3, -0.25) is 0 Å². The van der Waals surface area contributed by atoms with E-state index in [9.17, 15) is 0 Å². The average molecular weight is 250 g/mol. The van der Waals surface area contributed by atoms with Crippen LogP contribution in [0.15, 0.2) is 0 Å². The van der Waals surface area contributed by atoms with Crippen LogP contribution in [0.4, 0.5) is 0 Å². The van der Waals surface area contributed by atoms with Crippen LogP contribution in [-0.2, 0) is 4.74 Å². The molecule has 3 rings (SSSR count). The Morgan fingerprint density at radius 3 is 2.28 bits per heavy atom. The third-order valence-corrected chi connectivity index (χ3v) is 5.82. The van der Waals surface area contributed by atoms with E-state index in [0.717, 1.165) is 24.4 Å². The Bertz CT molecular complexity index is 242. The van der Waals surface area contributed by atoms with E-state index >= 15 is 0 Å². The van der Waals surface area contributed by atoms with Crippen LogP contribution < -0.4 is 0 Å². The van der Waals surface area contributed by atoms with Gasteiger partial charge in [0.2, 0.25) is 0 Å². The minimum Gasteiger partial charge on any atom is -0.378 e. The summed E-state index contributed by atoms with van der Waals surface area (Å²) in [7, 11) is 0. The van der Waals surface area contributed by atoms with Gasteiger partial charge in [0.25, 0.3) is 0 Å². The predicted octanol–water partition coefficient (Wildman–Crippen LogP) is 4.94. The molecule has 0 bridgehead atoms. The molecular weight excluding hydrogens is 220 g/mol. The van der Waals surface area contributed by atoms with Gasteiger partial charge in [-0.15, -0.1) is 0 Å². The predicted molar refractivity (Wildman–Crippen MR) is 75.6 cm³/mol. The molecular formula is C17H30O. The first-order chi connectivity index (χ1) is 8.93. The number of hydrogen-bond acceptors (Lipinski definition) is 1. The Kier molecular flexibility index (Phi) is 4.62. The molecule has 1 nitrogen and oxygen atoms in total. The lowest BCUT2D eigenvalue weighted by molar-refractivity contribution is -0.0295. The summed E-state index contributed by atoms with van der Waals surface area (Å²) in [5, 5.41) is 0. The van der Waals surface area contributed by atoms with Crippen molar-refractivity contribution in [2.75, 3.05) is 6.61 Å². The van der Waals surface area contributed by atoms with Crippen LogP contribution in [0.3, 0.4) is 0 Å². The second kappa shape index (κ2) is 6.41. The number of rotatable bonds is 3. The van der Waals surface area contributed by atoms with E-state index in [1.54, 1.807) is 0 Å². The highest BCUT2D eigenvalue weighted by atomic mass is 16.5. The number of fused-ring (bicyclic) bond motifs is 1. The molecule has 0 aromatic heterocycles. The lowest BCUT2D eigenvalue weighted by atomic mass is 9.66. The van der Waals surface area contributed by atoms with E-state index < -0.39 is 0 Å². The van der Waals surface area contributed by atoms with Crippen LogP contribution in [0.5, 0.6) is 0 Å². The van der Waals surface area contributed by atoms with E-state index in [-0.39, 0.29) is 0 Å². The molecule has 3 saturated carbocycles. The van der Waals surface area contributed by atoms with Crippen molar-refractivity contribution < 1.29 is 4.74 Å². The Labute approximate surface area is 113 Å². The van der Waals surface area contributed by atoms with Crippen molar-refractivity contribution >= 4 is 0 Å². The molecule has 3 fully saturated rings. The van der Waals surface area contributed by atoms with Crippen LogP contribution in [-0.4, -0.2) is 12.7 Å². The summed E-state index contributed by atoms with van der Waals surface area (Å²) in [6, 6.07) is 0. The van der Waals surface area contributed by atoms with Gasteiger partial charge in [0.05, 0.1) is 12.7 Å². The molecule has 3 aliphatic rings. The first-order valence-corrected chi connectivity index (χ1v) is 8.55. The van der Waals surface area contributed by atoms with Gasteiger partial charge >= 0.3 is 0 Å². The van der Waals surface area contributed by atoms with Crippen LogP contribution in [0.1, 0.15) is 77.0 Å². The number of hydrogen-bond donors (Lipinski definition) is 0. The molecule has 104 valence electrons. The fraction of sp³-hybridized carbons (Fsp3) is 1.00. The molecule has 0 aromatic rings. The van der Waals surface area contributed by atoms with E-state index in [1.807, 2.05) is 0 Å². The summed E-state index contributed by atoms with van der Waals surface area (Å²) >= 11 is 0. The van der Waals surface area contributed by atoms with E-state index in [2.05, 4.69) is 0 Å². The molecule has 0 aliphatic heterocycles. The van der Waals surface area contributed by atoms with E-state index in [4.69, 9.17) is 4.74 Å². The van der Waals surface area contributed by atoms with Crippen LogP contribution >= 0.6 is 0 Å². The third-order valence-electron chi connectivity index (χ3n) is 5.82. The fourth-order valence-electron chi connectivity index (χ4n) is 4.77. The first-order valence-electron chi connectivity index (χ1n) is 8.55. The largest absolute Gasteiger partial charge is 0.378 e. The van der Waals surface area contributed by atoms with Crippen molar-refractivity contribution in [3.05, 3.63) is 0 Å². The van der Waals surface area contributed by atoms with Gasteiger partial charge in [-0.25, -0.2) is 0 Å². The standard InChI is InChI=1S/C17H30O/c1-2-10-16(11-3-1)18-13-15-9-6-8-14-7-4-5-12-17(14)15/h14-17H,1-13H2. The summed E-state index contributed by atoms with van der Waals surface area (Å²) in [6.45, 7) is 1.09. The molecule has 3 atom stereocenters. The lowest BCUT2D eigenvalue weighted by Crippen LogP contribution is -2.34. The maximum Gasteiger partial charge on any atom is 0.0575 e.